The van der Waals surface area contributed by atoms with E-state index >= 15 is 0 Å². The van der Waals surface area contributed by atoms with E-state index in [0.29, 0.717) is 49.2 Å². The van der Waals surface area contributed by atoms with Crippen LogP contribution in [0.1, 0.15) is 45.5 Å². The lowest BCUT2D eigenvalue weighted by Crippen LogP contribution is -2.29. The zero-order valence-electron chi connectivity index (χ0n) is 23.1. The van der Waals surface area contributed by atoms with Gasteiger partial charge in [-0.25, -0.2) is 4.98 Å². The van der Waals surface area contributed by atoms with Crippen molar-refractivity contribution in [1.82, 2.24) is 35.9 Å². The summed E-state index contributed by atoms with van der Waals surface area (Å²) in [5, 5.41) is 17.3. The van der Waals surface area contributed by atoms with E-state index in [0.717, 1.165) is 45.5 Å². The molecule has 4 N–H and O–H groups in total. The predicted molar refractivity (Wildman–Crippen MR) is 156 cm³/mol. The van der Waals surface area contributed by atoms with Gasteiger partial charge in [0.1, 0.15) is 12.4 Å². The van der Waals surface area contributed by atoms with Gasteiger partial charge >= 0.3 is 0 Å². The Morgan fingerprint density at radius 2 is 1.78 bits per heavy atom. The Hall–Kier alpha value is -4.96. The van der Waals surface area contributed by atoms with Crippen molar-refractivity contribution in [3.63, 3.8) is 0 Å². The number of rotatable bonds is 11. The fourth-order valence-electron chi connectivity index (χ4n) is 4.67. The van der Waals surface area contributed by atoms with Crippen molar-refractivity contribution in [2.75, 3.05) is 13.1 Å². The number of nitrogens with zero attached hydrogens (tertiary/aromatic N) is 5. The van der Waals surface area contributed by atoms with E-state index in [4.69, 9.17) is 10.5 Å². The average Bonchev–Trinajstić information content (AvgIpc) is 3.55. The highest BCUT2D eigenvalue weighted by atomic mass is 16.5. The normalized spacial score (nSPS) is 10.9. The Morgan fingerprint density at radius 3 is 2.51 bits per heavy atom. The monoisotopic (exact) mass is 548 g/mol. The lowest BCUT2D eigenvalue weighted by Gasteiger charge is -2.15. The molecular formula is C31H32N8O2. The molecule has 0 aliphatic heterocycles. The molecule has 3 aromatic carbocycles. The van der Waals surface area contributed by atoms with E-state index in [-0.39, 0.29) is 5.91 Å². The highest BCUT2D eigenvalue weighted by Gasteiger charge is 2.16. The Bertz CT molecular complexity index is 1620. The summed E-state index contributed by atoms with van der Waals surface area (Å²) in [4.78, 5) is 21.8. The largest absolute Gasteiger partial charge is 0.472 e. The molecule has 0 aliphatic carbocycles. The predicted octanol–water partition coefficient (Wildman–Crippen LogP) is 4.05. The third kappa shape index (κ3) is 6.62. The van der Waals surface area contributed by atoms with Crippen LogP contribution in [0.3, 0.4) is 0 Å². The highest BCUT2D eigenvalue weighted by molar-refractivity contribution is 5.94. The Labute approximate surface area is 238 Å². The summed E-state index contributed by atoms with van der Waals surface area (Å²) < 4.78 is 6.30. The number of hydrogen-bond donors (Lipinski definition) is 3. The van der Waals surface area contributed by atoms with Crippen molar-refractivity contribution in [3.05, 3.63) is 107 Å². The smallest absolute Gasteiger partial charge is 0.251 e. The van der Waals surface area contributed by atoms with Crippen molar-refractivity contribution in [3.8, 4) is 28.4 Å². The molecular weight excluding hydrogens is 516 g/mol. The first-order valence-corrected chi connectivity index (χ1v) is 13.5. The van der Waals surface area contributed by atoms with Crippen LogP contribution in [0, 0.1) is 6.92 Å². The summed E-state index contributed by atoms with van der Waals surface area (Å²) >= 11 is 0. The van der Waals surface area contributed by atoms with E-state index in [2.05, 4.69) is 55.0 Å². The van der Waals surface area contributed by atoms with Gasteiger partial charge in [-0.2, -0.15) is 10.2 Å². The number of nitrogens with one attached hydrogen (secondary N) is 2. The molecule has 0 atom stereocenters. The summed E-state index contributed by atoms with van der Waals surface area (Å²) in [6.07, 6.45) is 1.28. The molecule has 2 aromatic heterocycles. The molecule has 5 rings (SSSR count). The number of hydrogen-bond acceptors (Lipinski definition) is 8. The maximum Gasteiger partial charge on any atom is 0.251 e. The van der Waals surface area contributed by atoms with Crippen LogP contribution in [-0.4, -0.2) is 49.6 Å². The van der Waals surface area contributed by atoms with Crippen LogP contribution in [0.25, 0.3) is 22.5 Å². The third-order valence-corrected chi connectivity index (χ3v) is 6.66. The number of H-pyrrole nitrogens is 1. The molecule has 208 valence electrons. The fourth-order valence-corrected chi connectivity index (χ4v) is 4.67. The maximum absolute atomic E-state index is 12.5. The van der Waals surface area contributed by atoms with E-state index in [9.17, 15) is 4.79 Å². The molecule has 0 spiro atoms. The lowest BCUT2D eigenvalue weighted by molar-refractivity contribution is 0.0954. The number of carbonyl (C=O) groups is 1. The molecule has 2 heterocycles. The van der Waals surface area contributed by atoms with Crippen LogP contribution in [0.2, 0.25) is 0 Å². The van der Waals surface area contributed by atoms with Gasteiger partial charge in [-0.1, -0.05) is 67.6 Å². The fraction of sp³-hybridized carbons (Fsp3) is 0.226. The first-order valence-electron chi connectivity index (χ1n) is 13.5. The second-order valence-corrected chi connectivity index (χ2v) is 9.54. The number of aryl methyl sites for hydroxylation is 2. The first-order chi connectivity index (χ1) is 20.1. The van der Waals surface area contributed by atoms with Gasteiger partial charge in [0.15, 0.2) is 0 Å². The van der Waals surface area contributed by atoms with E-state index in [1.165, 1.54) is 0 Å². The van der Waals surface area contributed by atoms with E-state index in [1.807, 2.05) is 61.5 Å². The highest BCUT2D eigenvalue weighted by Crippen LogP contribution is 2.30. The van der Waals surface area contributed by atoms with Gasteiger partial charge in [0.2, 0.25) is 11.7 Å². The molecule has 0 fully saturated rings. The van der Waals surface area contributed by atoms with Crippen molar-refractivity contribution in [2.24, 2.45) is 5.73 Å². The van der Waals surface area contributed by atoms with Crippen LogP contribution in [-0.2, 0) is 19.4 Å². The lowest BCUT2D eigenvalue weighted by atomic mass is 9.98. The number of tetrazole rings is 1. The molecule has 0 aliphatic rings. The maximum atomic E-state index is 12.5. The molecule has 0 bridgehead atoms. The van der Waals surface area contributed by atoms with Gasteiger partial charge in [-0.05, 0) is 52.9 Å². The topological polar surface area (TPSA) is 145 Å². The summed E-state index contributed by atoms with van der Waals surface area (Å²) in [5.41, 5.74) is 12.9. The van der Waals surface area contributed by atoms with E-state index < -0.39 is 0 Å². The van der Waals surface area contributed by atoms with Gasteiger partial charge in [0.25, 0.3) is 5.91 Å². The van der Waals surface area contributed by atoms with Crippen LogP contribution in [0.15, 0.2) is 72.8 Å². The number of ether oxygens (including phenoxy) is 1. The molecule has 0 saturated carbocycles. The quantitative estimate of drug-likeness (QED) is 0.224. The summed E-state index contributed by atoms with van der Waals surface area (Å²) in [6, 6.07) is 23.7. The molecule has 10 nitrogen and oxygen atoms in total. The summed E-state index contributed by atoms with van der Waals surface area (Å²) in [6.45, 7) is 5.11. The van der Waals surface area contributed by atoms with Crippen LogP contribution >= 0.6 is 0 Å². The Morgan fingerprint density at radius 1 is 0.976 bits per heavy atom. The number of carbonyl (C=O) groups excluding carboxylic acids is 1. The first kappa shape index (κ1) is 27.6. The van der Waals surface area contributed by atoms with Crippen molar-refractivity contribution >= 4 is 5.91 Å². The summed E-state index contributed by atoms with van der Waals surface area (Å²) in [7, 11) is 0. The molecule has 0 unspecified atom stereocenters. The molecule has 10 heteroatoms. The van der Waals surface area contributed by atoms with Crippen molar-refractivity contribution in [1.29, 1.82) is 0 Å². The number of nitrogens with two attached hydrogens (primary N) is 1. The van der Waals surface area contributed by atoms with Gasteiger partial charge < -0.3 is 15.8 Å². The number of benzene rings is 3. The minimum atomic E-state index is -0.145. The zero-order valence-corrected chi connectivity index (χ0v) is 23.1. The van der Waals surface area contributed by atoms with Gasteiger partial charge in [0, 0.05) is 36.2 Å². The minimum Gasteiger partial charge on any atom is -0.472 e. The molecule has 5 aromatic rings. The van der Waals surface area contributed by atoms with Gasteiger partial charge in [-0.3, -0.25) is 4.79 Å². The molecule has 0 saturated heterocycles. The minimum absolute atomic E-state index is 0.145. The van der Waals surface area contributed by atoms with E-state index in [1.54, 1.807) is 6.07 Å². The SMILES string of the molecule is CCc1nc(C)nc(OCc2ccc(-c3ccccc3-c3nn[nH]n3)cc2)c1Cc1cccc(C(=O)NCCN)c1. The second kappa shape index (κ2) is 12.9. The third-order valence-electron chi connectivity index (χ3n) is 6.66. The Balaban J connectivity index is 1.35. The average molecular weight is 549 g/mol. The molecule has 0 radical (unpaired) electrons. The van der Waals surface area contributed by atoms with Gasteiger partial charge in [-0.15, -0.1) is 10.2 Å². The van der Waals surface area contributed by atoms with Crippen molar-refractivity contribution in [2.45, 2.75) is 33.3 Å². The van der Waals surface area contributed by atoms with Crippen LogP contribution in [0.5, 0.6) is 5.88 Å². The number of aromatic amines is 1. The van der Waals surface area contributed by atoms with Crippen LogP contribution < -0.4 is 15.8 Å². The second-order valence-electron chi connectivity index (χ2n) is 9.54. The zero-order chi connectivity index (χ0) is 28.6. The number of amides is 1. The Kier molecular flexibility index (Phi) is 8.70. The molecule has 1 amide bonds. The summed E-state index contributed by atoms with van der Waals surface area (Å²) in [5.74, 6) is 1.61. The number of aromatic nitrogens is 6. The molecule has 41 heavy (non-hydrogen) atoms. The van der Waals surface area contributed by atoms with Crippen molar-refractivity contribution < 1.29 is 9.53 Å². The van der Waals surface area contributed by atoms with Gasteiger partial charge in [0.05, 0.1) is 5.69 Å². The van der Waals surface area contributed by atoms with Crippen LogP contribution in [0.4, 0.5) is 0 Å². The standard InChI is InChI=1S/C31H32N8O2/c1-3-28-27(18-22-7-6-8-24(17-22)30(40)33-16-15-32)31(35-20(2)34-28)41-19-21-11-13-23(14-12-21)25-9-4-5-10-26(25)29-36-38-39-37-29/h4-14,17H,3,15-16,18-19,32H2,1-2H3,(H,33,40)(H,36,37,38,39).